The summed E-state index contributed by atoms with van der Waals surface area (Å²) >= 11 is 0. The molecule has 0 aliphatic heterocycles. The molecule has 7 heteroatoms. The second kappa shape index (κ2) is 6.75. The van der Waals surface area contributed by atoms with Crippen LogP contribution >= 0.6 is 0 Å². The fourth-order valence-corrected chi connectivity index (χ4v) is 1.85. The van der Waals surface area contributed by atoms with Crippen molar-refractivity contribution in [2.45, 2.75) is 13.8 Å². The number of nitrogens with two attached hydrogens (primary N) is 1. The number of hydrogen-bond donors (Lipinski definition) is 3. The number of nitro groups is 1. The molecule has 0 radical (unpaired) electrons. The van der Waals surface area contributed by atoms with E-state index in [0.29, 0.717) is 23.1 Å². The summed E-state index contributed by atoms with van der Waals surface area (Å²) in [4.78, 5) is 15.0. The number of nitrogens with zero attached hydrogens (tertiary/aromatic N) is 2. The summed E-state index contributed by atoms with van der Waals surface area (Å²) in [7, 11) is 0. The molecule has 7 nitrogen and oxygen atoms in total. The van der Waals surface area contributed by atoms with Crippen LogP contribution in [0.5, 0.6) is 0 Å². The van der Waals surface area contributed by atoms with E-state index < -0.39 is 4.92 Å². The lowest BCUT2D eigenvalue weighted by Gasteiger charge is -2.11. The van der Waals surface area contributed by atoms with Crippen molar-refractivity contribution in [3.05, 3.63) is 46.5 Å². The zero-order valence-corrected chi connectivity index (χ0v) is 12.5. The Morgan fingerprint density at radius 3 is 2.73 bits per heavy atom. The number of nitrogen functional groups attached to an aromatic ring is 1. The van der Waals surface area contributed by atoms with E-state index in [2.05, 4.69) is 29.5 Å². The third kappa shape index (κ3) is 4.08. The van der Waals surface area contributed by atoms with Gasteiger partial charge in [-0.25, -0.2) is 4.98 Å². The van der Waals surface area contributed by atoms with Gasteiger partial charge in [0.2, 0.25) is 5.82 Å². The fourth-order valence-electron chi connectivity index (χ4n) is 1.85. The molecule has 0 saturated heterocycles. The number of pyridine rings is 1. The van der Waals surface area contributed by atoms with Crippen molar-refractivity contribution in [3.8, 4) is 0 Å². The van der Waals surface area contributed by atoms with Gasteiger partial charge >= 0.3 is 5.69 Å². The number of benzene rings is 1. The minimum Gasteiger partial charge on any atom is -0.399 e. The van der Waals surface area contributed by atoms with E-state index in [9.17, 15) is 10.1 Å². The normalized spacial score (nSPS) is 10.5. The quantitative estimate of drug-likeness (QED) is 0.429. The highest BCUT2D eigenvalue weighted by atomic mass is 16.6. The molecule has 1 aromatic heterocycles. The Hall–Kier alpha value is -2.83. The van der Waals surface area contributed by atoms with Crippen LogP contribution in [0.15, 0.2) is 36.4 Å². The van der Waals surface area contributed by atoms with Gasteiger partial charge in [0.05, 0.1) is 4.92 Å². The van der Waals surface area contributed by atoms with Gasteiger partial charge in [-0.1, -0.05) is 19.9 Å². The molecule has 1 heterocycles. The number of anilines is 4. The molecule has 0 spiro atoms. The minimum absolute atomic E-state index is 0.0856. The van der Waals surface area contributed by atoms with Gasteiger partial charge in [-0.3, -0.25) is 10.1 Å². The van der Waals surface area contributed by atoms with Gasteiger partial charge in [0.15, 0.2) is 0 Å². The summed E-state index contributed by atoms with van der Waals surface area (Å²) in [5.74, 6) is 1.22. The lowest BCUT2D eigenvalue weighted by atomic mass is 10.2. The number of hydrogen-bond acceptors (Lipinski definition) is 6. The van der Waals surface area contributed by atoms with Crippen LogP contribution in [0.1, 0.15) is 13.8 Å². The Bertz CT molecular complexity index is 673. The molecule has 0 fully saturated rings. The highest BCUT2D eigenvalue weighted by molar-refractivity contribution is 5.69. The molecular formula is C15H19N5O2. The molecule has 2 aromatic rings. The smallest absolute Gasteiger partial charge is 0.311 e. The van der Waals surface area contributed by atoms with Crippen LogP contribution in [0, 0.1) is 16.0 Å². The SMILES string of the molecule is CC(C)CNc1ccc([N+](=O)[O-])c(Nc2cccc(N)c2)n1. The van der Waals surface area contributed by atoms with Gasteiger partial charge in [-0.2, -0.15) is 0 Å². The molecule has 4 N–H and O–H groups in total. The Balaban J connectivity index is 2.29. The van der Waals surface area contributed by atoms with Gasteiger partial charge in [-0.05, 0) is 30.2 Å². The van der Waals surface area contributed by atoms with Crippen LogP contribution in [-0.4, -0.2) is 16.5 Å². The maximum Gasteiger partial charge on any atom is 0.311 e. The van der Waals surface area contributed by atoms with E-state index in [1.165, 1.54) is 6.07 Å². The largest absolute Gasteiger partial charge is 0.399 e. The van der Waals surface area contributed by atoms with Gasteiger partial charge in [0.1, 0.15) is 5.82 Å². The summed E-state index contributed by atoms with van der Waals surface area (Å²) in [6, 6.07) is 10.0. The Kier molecular flexibility index (Phi) is 4.77. The molecule has 0 aliphatic carbocycles. The molecule has 2 rings (SSSR count). The number of rotatable bonds is 6. The zero-order chi connectivity index (χ0) is 16.1. The maximum absolute atomic E-state index is 11.1. The van der Waals surface area contributed by atoms with Gasteiger partial charge in [0.25, 0.3) is 0 Å². The fraction of sp³-hybridized carbons (Fsp3) is 0.267. The summed E-state index contributed by atoms with van der Waals surface area (Å²) in [5.41, 5.74) is 6.85. The standard InChI is InChI=1S/C15H19N5O2/c1-10(2)9-17-14-7-6-13(20(21)22)15(19-14)18-12-5-3-4-11(16)8-12/h3-8,10H,9,16H2,1-2H3,(H2,17,18,19). The first kappa shape index (κ1) is 15.6. The Morgan fingerprint density at radius 2 is 2.09 bits per heavy atom. The minimum atomic E-state index is -0.464. The van der Waals surface area contributed by atoms with Crippen LogP contribution < -0.4 is 16.4 Å². The molecule has 0 bridgehead atoms. The highest BCUT2D eigenvalue weighted by Crippen LogP contribution is 2.27. The van der Waals surface area contributed by atoms with Crippen LogP contribution in [-0.2, 0) is 0 Å². The van der Waals surface area contributed by atoms with Crippen LogP contribution in [0.4, 0.5) is 28.7 Å². The summed E-state index contributed by atoms with van der Waals surface area (Å²) < 4.78 is 0. The highest BCUT2D eigenvalue weighted by Gasteiger charge is 2.16. The van der Waals surface area contributed by atoms with Crippen molar-refractivity contribution < 1.29 is 4.92 Å². The van der Waals surface area contributed by atoms with Gasteiger partial charge in [0, 0.05) is 24.0 Å². The molecule has 0 amide bonds. The van der Waals surface area contributed by atoms with E-state index in [4.69, 9.17) is 5.73 Å². The van der Waals surface area contributed by atoms with Crippen molar-refractivity contribution in [1.82, 2.24) is 4.98 Å². The Morgan fingerprint density at radius 1 is 1.32 bits per heavy atom. The molecule has 0 atom stereocenters. The van der Waals surface area contributed by atoms with Crippen molar-refractivity contribution >= 4 is 28.7 Å². The third-order valence-electron chi connectivity index (χ3n) is 2.91. The first-order valence-corrected chi connectivity index (χ1v) is 6.97. The summed E-state index contributed by atoms with van der Waals surface area (Å²) in [5, 5.41) is 17.2. The van der Waals surface area contributed by atoms with Crippen LogP contribution in [0.2, 0.25) is 0 Å². The predicted octanol–water partition coefficient (Wildman–Crippen LogP) is 3.38. The van der Waals surface area contributed by atoms with Gasteiger partial charge < -0.3 is 16.4 Å². The topological polar surface area (TPSA) is 106 Å². The summed E-state index contributed by atoms with van der Waals surface area (Å²) in [6.45, 7) is 4.89. The second-order valence-electron chi connectivity index (χ2n) is 5.35. The zero-order valence-electron chi connectivity index (χ0n) is 12.5. The molecule has 0 aliphatic rings. The van der Waals surface area contributed by atoms with Crippen molar-refractivity contribution in [3.63, 3.8) is 0 Å². The molecule has 0 unspecified atom stereocenters. The van der Waals surface area contributed by atoms with Gasteiger partial charge in [-0.15, -0.1) is 0 Å². The monoisotopic (exact) mass is 301 g/mol. The van der Waals surface area contributed by atoms with Crippen LogP contribution in [0.25, 0.3) is 0 Å². The van der Waals surface area contributed by atoms with Crippen molar-refractivity contribution in [2.75, 3.05) is 22.9 Å². The molecular weight excluding hydrogens is 282 g/mol. The first-order chi connectivity index (χ1) is 10.5. The van der Waals surface area contributed by atoms with E-state index in [-0.39, 0.29) is 11.5 Å². The predicted molar refractivity (Wildman–Crippen MR) is 88.4 cm³/mol. The van der Waals surface area contributed by atoms with E-state index in [1.54, 1.807) is 30.3 Å². The molecule has 1 aromatic carbocycles. The lowest BCUT2D eigenvalue weighted by Crippen LogP contribution is -2.10. The molecule has 0 saturated carbocycles. The summed E-state index contributed by atoms with van der Waals surface area (Å²) in [6.07, 6.45) is 0. The second-order valence-corrected chi connectivity index (χ2v) is 5.35. The average molecular weight is 301 g/mol. The first-order valence-electron chi connectivity index (χ1n) is 6.97. The van der Waals surface area contributed by atoms with Crippen molar-refractivity contribution in [2.24, 2.45) is 5.92 Å². The number of aromatic nitrogens is 1. The average Bonchev–Trinajstić information content (AvgIpc) is 2.45. The van der Waals surface area contributed by atoms with Crippen LogP contribution in [0.3, 0.4) is 0 Å². The maximum atomic E-state index is 11.1. The third-order valence-corrected chi connectivity index (χ3v) is 2.91. The lowest BCUT2D eigenvalue weighted by molar-refractivity contribution is -0.384. The van der Waals surface area contributed by atoms with Crippen molar-refractivity contribution in [1.29, 1.82) is 0 Å². The molecule has 116 valence electrons. The Labute approximate surface area is 128 Å². The van der Waals surface area contributed by atoms with E-state index in [0.717, 1.165) is 6.54 Å². The van der Waals surface area contributed by atoms with E-state index >= 15 is 0 Å². The van der Waals surface area contributed by atoms with E-state index in [1.807, 2.05) is 0 Å². The molecule has 22 heavy (non-hydrogen) atoms. The number of nitrogens with one attached hydrogen (secondary N) is 2.